The molecule has 1 aliphatic carbocycles. The van der Waals surface area contributed by atoms with Crippen LogP contribution >= 0.6 is 11.3 Å². The number of ether oxygens (including phenoxy) is 2. The van der Waals surface area contributed by atoms with Crippen LogP contribution in [0.15, 0.2) is 36.4 Å². The van der Waals surface area contributed by atoms with E-state index in [0.29, 0.717) is 13.2 Å². The largest absolute Gasteiger partial charge is 0.490 e. The molecular weight excluding hydrogens is 358 g/mol. The smallest absolute Gasteiger partial charge is 0.161 e. The molecule has 0 aliphatic heterocycles. The Morgan fingerprint density at radius 1 is 1.04 bits per heavy atom. The molecule has 1 atom stereocenters. The van der Waals surface area contributed by atoms with Crippen LogP contribution in [0.25, 0.3) is 21.1 Å². The molecule has 1 unspecified atom stereocenters. The highest BCUT2D eigenvalue weighted by molar-refractivity contribution is 7.17. The SMILES string of the molecule is CCOc1ccc(-c2nnc(-c3cccc4c3CCC4N)s2)cc1OCC. The molecule has 1 aliphatic rings. The highest BCUT2D eigenvalue weighted by Gasteiger charge is 2.23. The van der Waals surface area contributed by atoms with E-state index in [1.807, 2.05) is 32.0 Å². The van der Waals surface area contributed by atoms with Gasteiger partial charge in [0.1, 0.15) is 10.0 Å². The van der Waals surface area contributed by atoms with Gasteiger partial charge in [-0.05, 0) is 56.0 Å². The molecule has 27 heavy (non-hydrogen) atoms. The van der Waals surface area contributed by atoms with E-state index in [9.17, 15) is 0 Å². The summed E-state index contributed by atoms with van der Waals surface area (Å²) in [6.07, 6.45) is 1.99. The molecule has 0 fully saturated rings. The Bertz CT molecular complexity index is 954. The molecule has 6 heteroatoms. The third kappa shape index (κ3) is 3.42. The maximum absolute atomic E-state index is 6.22. The van der Waals surface area contributed by atoms with Crippen LogP contribution in [0.2, 0.25) is 0 Å². The van der Waals surface area contributed by atoms with Crippen molar-refractivity contribution in [2.45, 2.75) is 32.7 Å². The Kier molecular flexibility index (Phi) is 5.09. The quantitative estimate of drug-likeness (QED) is 0.675. The Hall–Kier alpha value is -2.44. The number of fused-ring (bicyclic) bond motifs is 1. The number of hydrogen-bond donors (Lipinski definition) is 1. The third-order valence-corrected chi connectivity index (χ3v) is 5.77. The van der Waals surface area contributed by atoms with E-state index in [2.05, 4.69) is 28.4 Å². The van der Waals surface area contributed by atoms with Crippen LogP contribution in [0.3, 0.4) is 0 Å². The first-order valence-corrected chi connectivity index (χ1v) is 10.1. The Balaban J connectivity index is 1.69. The van der Waals surface area contributed by atoms with Crippen molar-refractivity contribution >= 4 is 11.3 Å². The van der Waals surface area contributed by atoms with Crippen molar-refractivity contribution in [2.24, 2.45) is 5.73 Å². The second-order valence-electron chi connectivity index (χ2n) is 6.46. The topological polar surface area (TPSA) is 70.3 Å². The minimum absolute atomic E-state index is 0.132. The summed E-state index contributed by atoms with van der Waals surface area (Å²) >= 11 is 1.59. The average Bonchev–Trinajstić information content (AvgIpc) is 3.31. The fourth-order valence-electron chi connectivity index (χ4n) is 3.52. The van der Waals surface area contributed by atoms with E-state index in [4.69, 9.17) is 15.2 Å². The molecule has 0 amide bonds. The van der Waals surface area contributed by atoms with Crippen molar-refractivity contribution in [3.63, 3.8) is 0 Å². The summed E-state index contributed by atoms with van der Waals surface area (Å²) in [5.41, 5.74) is 10.9. The van der Waals surface area contributed by atoms with Gasteiger partial charge in [0, 0.05) is 17.2 Å². The summed E-state index contributed by atoms with van der Waals surface area (Å²) in [6, 6.07) is 12.3. The van der Waals surface area contributed by atoms with Gasteiger partial charge in [-0.2, -0.15) is 0 Å². The number of nitrogens with zero attached hydrogens (tertiary/aromatic N) is 2. The molecule has 5 nitrogen and oxygen atoms in total. The van der Waals surface area contributed by atoms with Crippen molar-refractivity contribution in [1.29, 1.82) is 0 Å². The summed E-state index contributed by atoms with van der Waals surface area (Å²) in [4.78, 5) is 0. The number of hydrogen-bond acceptors (Lipinski definition) is 6. The first-order chi connectivity index (χ1) is 13.2. The van der Waals surface area contributed by atoms with Gasteiger partial charge in [-0.25, -0.2) is 0 Å². The second-order valence-corrected chi connectivity index (χ2v) is 7.44. The predicted molar refractivity (Wildman–Crippen MR) is 108 cm³/mol. The van der Waals surface area contributed by atoms with Gasteiger partial charge in [0.05, 0.1) is 13.2 Å². The van der Waals surface area contributed by atoms with Gasteiger partial charge in [0.25, 0.3) is 0 Å². The van der Waals surface area contributed by atoms with Gasteiger partial charge < -0.3 is 15.2 Å². The zero-order valence-corrected chi connectivity index (χ0v) is 16.4. The average molecular weight is 382 g/mol. The molecule has 0 saturated carbocycles. The van der Waals surface area contributed by atoms with Crippen LogP contribution in [0.5, 0.6) is 11.5 Å². The maximum atomic E-state index is 6.22. The van der Waals surface area contributed by atoms with E-state index in [1.165, 1.54) is 11.1 Å². The van der Waals surface area contributed by atoms with Crippen LogP contribution in [0.1, 0.15) is 37.4 Å². The molecule has 0 spiro atoms. The molecule has 4 rings (SSSR count). The number of rotatable bonds is 6. The van der Waals surface area contributed by atoms with E-state index < -0.39 is 0 Å². The highest BCUT2D eigenvalue weighted by Crippen LogP contribution is 2.40. The summed E-state index contributed by atoms with van der Waals surface area (Å²) in [7, 11) is 0. The number of aromatic nitrogens is 2. The molecule has 2 aromatic carbocycles. The minimum atomic E-state index is 0.132. The molecule has 140 valence electrons. The molecule has 1 heterocycles. The van der Waals surface area contributed by atoms with Crippen molar-refractivity contribution in [2.75, 3.05) is 13.2 Å². The zero-order valence-electron chi connectivity index (χ0n) is 15.6. The van der Waals surface area contributed by atoms with Crippen LogP contribution < -0.4 is 15.2 Å². The van der Waals surface area contributed by atoms with Gasteiger partial charge in [-0.1, -0.05) is 29.5 Å². The van der Waals surface area contributed by atoms with Crippen LogP contribution in [-0.2, 0) is 6.42 Å². The summed E-state index contributed by atoms with van der Waals surface area (Å²) < 4.78 is 11.4. The first-order valence-electron chi connectivity index (χ1n) is 9.32. The zero-order chi connectivity index (χ0) is 18.8. The lowest BCUT2D eigenvalue weighted by molar-refractivity contribution is 0.288. The van der Waals surface area contributed by atoms with E-state index in [1.54, 1.807) is 11.3 Å². The van der Waals surface area contributed by atoms with Crippen molar-refractivity contribution in [3.05, 3.63) is 47.5 Å². The van der Waals surface area contributed by atoms with Crippen LogP contribution in [-0.4, -0.2) is 23.4 Å². The van der Waals surface area contributed by atoms with Gasteiger partial charge in [-0.15, -0.1) is 10.2 Å². The monoisotopic (exact) mass is 381 g/mol. The maximum Gasteiger partial charge on any atom is 0.161 e. The Morgan fingerprint density at radius 2 is 1.81 bits per heavy atom. The standard InChI is InChI=1S/C21H23N3O2S/c1-3-25-18-11-8-13(12-19(18)26-4-2)20-23-24-21(27-20)16-7-5-6-15-14(16)9-10-17(15)22/h5-8,11-12,17H,3-4,9-10,22H2,1-2H3. The lowest BCUT2D eigenvalue weighted by Gasteiger charge is -2.11. The molecule has 0 bridgehead atoms. The molecular formula is C21H23N3O2S. The van der Waals surface area contributed by atoms with E-state index in [-0.39, 0.29) is 6.04 Å². The van der Waals surface area contributed by atoms with Gasteiger partial charge in [0.2, 0.25) is 0 Å². The molecule has 1 aromatic heterocycles. The summed E-state index contributed by atoms with van der Waals surface area (Å²) in [5, 5.41) is 10.7. The molecule has 0 saturated heterocycles. The lowest BCUT2D eigenvalue weighted by atomic mass is 10.0. The summed E-state index contributed by atoms with van der Waals surface area (Å²) in [5.74, 6) is 1.49. The fraction of sp³-hybridized carbons (Fsp3) is 0.333. The molecule has 2 N–H and O–H groups in total. The minimum Gasteiger partial charge on any atom is -0.490 e. The van der Waals surface area contributed by atoms with Crippen LogP contribution in [0.4, 0.5) is 0 Å². The van der Waals surface area contributed by atoms with E-state index >= 15 is 0 Å². The van der Waals surface area contributed by atoms with Crippen molar-refractivity contribution in [1.82, 2.24) is 10.2 Å². The van der Waals surface area contributed by atoms with E-state index in [0.717, 1.165) is 45.5 Å². The number of benzene rings is 2. The normalized spacial score (nSPS) is 15.6. The third-order valence-electron chi connectivity index (χ3n) is 4.76. The molecule has 3 aromatic rings. The van der Waals surface area contributed by atoms with Gasteiger partial charge in [0.15, 0.2) is 11.5 Å². The predicted octanol–water partition coefficient (Wildman–Crippen LogP) is 4.62. The molecule has 0 radical (unpaired) electrons. The Labute approximate surface area is 163 Å². The fourth-order valence-corrected chi connectivity index (χ4v) is 4.41. The lowest BCUT2D eigenvalue weighted by Crippen LogP contribution is -2.04. The van der Waals surface area contributed by atoms with Gasteiger partial charge in [-0.3, -0.25) is 0 Å². The van der Waals surface area contributed by atoms with Gasteiger partial charge >= 0.3 is 0 Å². The Morgan fingerprint density at radius 3 is 2.63 bits per heavy atom. The first kappa shape index (κ1) is 17.9. The second kappa shape index (κ2) is 7.66. The van der Waals surface area contributed by atoms with Crippen molar-refractivity contribution < 1.29 is 9.47 Å². The van der Waals surface area contributed by atoms with Crippen molar-refractivity contribution in [3.8, 4) is 32.6 Å². The number of nitrogens with two attached hydrogens (primary N) is 1. The highest BCUT2D eigenvalue weighted by atomic mass is 32.1. The van der Waals surface area contributed by atoms with Crippen LogP contribution in [0, 0.1) is 0 Å². The summed E-state index contributed by atoms with van der Waals surface area (Å²) in [6.45, 7) is 5.11.